The molecule has 1 amide bonds. The largest absolute Gasteiger partial charge is 0.486 e. The number of likely N-dealkylation sites (tertiary alicyclic amines) is 1. The van der Waals surface area contributed by atoms with Crippen LogP contribution in [0, 0.1) is 5.92 Å². The van der Waals surface area contributed by atoms with Crippen molar-refractivity contribution in [2.24, 2.45) is 5.92 Å². The van der Waals surface area contributed by atoms with Gasteiger partial charge < -0.3 is 29.2 Å². The molecule has 5 rings (SSSR count). The SMILES string of the molecule is CC(C)(C)OC(=O)N1CCC(Oc2nc(N[C@H]3CC[C@@H](C)CC3)ncc2-c2ccc3c(c2)OCCO3)C1. The number of nitrogens with zero attached hydrogens (tertiary/aromatic N) is 3. The van der Waals surface area contributed by atoms with Crippen LogP contribution in [0.2, 0.25) is 0 Å². The highest BCUT2D eigenvalue weighted by atomic mass is 16.6. The Morgan fingerprint density at radius 1 is 1.08 bits per heavy atom. The molecule has 1 saturated carbocycles. The second kappa shape index (κ2) is 10.6. The molecule has 0 spiro atoms. The molecule has 1 N–H and O–H groups in total. The smallest absolute Gasteiger partial charge is 0.410 e. The molecule has 9 nitrogen and oxygen atoms in total. The van der Waals surface area contributed by atoms with Crippen LogP contribution in [0.5, 0.6) is 17.4 Å². The summed E-state index contributed by atoms with van der Waals surface area (Å²) in [6.45, 7) is 10.0. The molecule has 2 fully saturated rings. The van der Waals surface area contributed by atoms with Gasteiger partial charge in [0.2, 0.25) is 11.8 Å². The normalized spacial score (nSPS) is 23.5. The summed E-state index contributed by atoms with van der Waals surface area (Å²) in [7, 11) is 0. The number of hydrogen-bond donors (Lipinski definition) is 1. The lowest BCUT2D eigenvalue weighted by atomic mass is 9.87. The third-order valence-electron chi connectivity index (χ3n) is 7.03. The number of carbonyl (C=O) groups is 1. The van der Waals surface area contributed by atoms with Gasteiger partial charge in [0.1, 0.15) is 24.9 Å². The number of anilines is 1. The first-order chi connectivity index (χ1) is 17.7. The summed E-state index contributed by atoms with van der Waals surface area (Å²) < 4.78 is 23.5. The number of aromatic nitrogens is 2. The monoisotopic (exact) mass is 510 g/mol. The molecule has 9 heteroatoms. The van der Waals surface area contributed by atoms with Crippen LogP contribution in [0.15, 0.2) is 24.4 Å². The van der Waals surface area contributed by atoms with Gasteiger partial charge >= 0.3 is 6.09 Å². The predicted octanol–water partition coefficient (Wildman–Crippen LogP) is 5.29. The van der Waals surface area contributed by atoms with E-state index in [0.29, 0.717) is 56.3 Å². The van der Waals surface area contributed by atoms with Gasteiger partial charge in [0.15, 0.2) is 11.5 Å². The van der Waals surface area contributed by atoms with Crippen LogP contribution in [0.1, 0.15) is 59.8 Å². The van der Waals surface area contributed by atoms with E-state index in [2.05, 4.69) is 17.2 Å². The molecule has 0 bridgehead atoms. The molecule has 3 heterocycles. The average Bonchev–Trinajstić information content (AvgIpc) is 3.33. The molecule has 37 heavy (non-hydrogen) atoms. The third kappa shape index (κ3) is 6.37. The zero-order valence-electron chi connectivity index (χ0n) is 22.3. The lowest BCUT2D eigenvalue weighted by molar-refractivity contribution is 0.0275. The fourth-order valence-electron chi connectivity index (χ4n) is 5.00. The molecule has 0 radical (unpaired) electrons. The molecular weight excluding hydrogens is 472 g/mol. The lowest BCUT2D eigenvalue weighted by Gasteiger charge is -2.27. The Kier molecular flexibility index (Phi) is 7.31. The first kappa shape index (κ1) is 25.4. The van der Waals surface area contributed by atoms with Gasteiger partial charge in [-0.3, -0.25) is 0 Å². The van der Waals surface area contributed by atoms with Gasteiger partial charge in [0.25, 0.3) is 0 Å². The number of benzene rings is 1. The van der Waals surface area contributed by atoms with Crippen molar-refractivity contribution in [1.29, 1.82) is 0 Å². The van der Waals surface area contributed by atoms with E-state index < -0.39 is 5.60 Å². The minimum Gasteiger partial charge on any atom is -0.486 e. The number of fused-ring (bicyclic) bond motifs is 1. The van der Waals surface area contributed by atoms with E-state index in [-0.39, 0.29) is 12.2 Å². The van der Waals surface area contributed by atoms with Gasteiger partial charge in [-0.25, -0.2) is 9.78 Å². The highest BCUT2D eigenvalue weighted by Crippen LogP contribution is 2.38. The van der Waals surface area contributed by atoms with Crippen LogP contribution in [0.4, 0.5) is 10.7 Å². The molecule has 1 unspecified atom stereocenters. The summed E-state index contributed by atoms with van der Waals surface area (Å²) in [5, 5.41) is 3.52. The summed E-state index contributed by atoms with van der Waals surface area (Å²) in [5.74, 6) is 3.26. The molecular formula is C28H38N4O5. The van der Waals surface area contributed by atoms with E-state index >= 15 is 0 Å². The highest BCUT2D eigenvalue weighted by molar-refractivity contribution is 5.72. The van der Waals surface area contributed by atoms with Gasteiger partial charge in [-0.1, -0.05) is 13.0 Å². The fraction of sp³-hybridized carbons (Fsp3) is 0.607. The molecule has 200 valence electrons. The number of carbonyl (C=O) groups excluding carboxylic acids is 1. The Bertz CT molecular complexity index is 1110. The van der Waals surface area contributed by atoms with Crippen LogP contribution in [0.25, 0.3) is 11.1 Å². The number of nitrogens with one attached hydrogen (secondary N) is 1. The van der Waals surface area contributed by atoms with Crippen LogP contribution in [0.3, 0.4) is 0 Å². The topological polar surface area (TPSA) is 95.0 Å². The summed E-state index contributed by atoms with van der Waals surface area (Å²) in [6, 6.07) is 6.18. The van der Waals surface area contributed by atoms with Crippen molar-refractivity contribution in [2.45, 2.75) is 77.5 Å². The number of rotatable bonds is 5. The maximum atomic E-state index is 12.6. The molecule has 1 atom stereocenters. The Morgan fingerprint density at radius 2 is 1.84 bits per heavy atom. The minimum atomic E-state index is -0.536. The summed E-state index contributed by atoms with van der Waals surface area (Å²) in [4.78, 5) is 23.7. The molecule has 1 aromatic carbocycles. The quantitative estimate of drug-likeness (QED) is 0.580. The molecule has 1 aliphatic carbocycles. The second-order valence-corrected chi connectivity index (χ2v) is 11.3. The van der Waals surface area contributed by atoms with Crippen LogP contribution in [-0.2, 0) is 4.74 Å². The third-order valence-corrected chi connectivity index (χ3v) is 7.03. The van der Waals surface area contributed by atoms with E-state index in [1.54, 1.807) is 4.90 Å². The number of amides is 1. The van der Waals surface area contributed by atoms with Crippen molar-refractivity contribution < 1.29 is 23.7 Å². The summed E-state index contributed by atoms with van der Waals surface area (Å²) >= 11 is 0. The van der Waals surface area contributed by atoms with Gasteiger partial charge in [-0.15, -0.1) is 0 Å². The van der Waals surface area contributed by atoms with Crippen LogP contribution < -0.4 is 19.5 Å². The first-order valence-corrected chi connectivity index (χ1v) is 13.4. The van der Waals surface area contributed by atoms with E-state index in [0.717, 1.165) is 35.6 Å². The Hall–Kier alpha value is -3.23. The molecule has 1 saturated heterocycles. The van der Waals surface area contributed by atoms with Crippen molar-refractivity contribution >= 4 is 12.0 Å². The standard InChI is InChI=1S/C28H38N4O5/c1-18-5-8-20(9-6-18)30-26-29-16-22(19-7-10-23-24(15-19)35-14-13-34-23)25(31-26)36-21-11-12-32(17-21)27(33)37-28(2,3)4/h7,10,15-16,18,20-21H,5-6,8-9,11-14,17H2,1-4H3,(H,29,30,31)/t18-,20+,21?. The van der Waals surface area contributed by atoms with Gasteiger partial charge in [0.05, 0.1) is 12.1 Å². The average molecular weight is 511 g/mol. The molecule has 2 aliphatic heterocycles. The van der Waals surface area contributed by atoms with Crippen molar-refractivity contribution in [1.82, 2.24) is 14.9 Å². The maximum absolute atomic E-state index is 12.6. The molecule has 1 aromatic heterocycles. The first-order valence-electron chi connectivity index (χ1n) is 13.4. The zero-order chi connectivity index (χ0) is 26.0. The van der Waals surface area contributed by atoms with E-state index in [4.69, 9.17) is 23.9 Å². The van der Waals surface area contributed by atoms with Gasteiger partial charge in [-0.2, -0.15) is 4.98 Å². The second-order valence-electron chi connectivity index (χ2n) is 11.3. The van der Waals surface area contributed by atoms with E-state index in [9.17, 15) is 4.79 Å². The Morgan fingerprint density at radius 3 is 2.59 bits per heavy atom. The zero-order valence-corrected chi connectivity index (χ0v) is 22.3. The Labute approximate surface area is 218 Å². The minimum absolute atomic E-state index is 0.193. The van der Waals surface area contributed by atoms with Gasteiger partial charge in [0, 0.05) is 25.2 Å². The summed E-state index contributed by atoms with van der Waals surface area (Å²) in [6.07, 6.45) is 6.63. The van der Waals surface area contributed by atoms with Crippen LogP contribution >= 0.6 is 0 Å². The van der Waals surface area contributed by atoms with Crippen molar-refractivity contribution in [2.75, 3.05) is 31.6 Å². The molecule has 3 aliphatic rings. The van der Waals surface area contributed by atoms with E-state index in [1.165, 1.54) is 12.8 Å². The highest BCUT2D eigenvalue weighted by Gasteiger charge is 2.32. The van der Waals surface area contributed by atoms with Gasteiger partial charge in [-0.05, 0) is 70.1 Å². The molecule has 2 aromatic rings. The predicted molar refractivity (Wildman–Crippen MR) is 140 cm³/mol. The lowest BCUT2D eigenvalue weighted by Crippen LogP contribution is -2.36. The summed E-state index contributed by atoms with van der Waals surface area (Å²) in [5.41, 5.74) is 1.13. The van der Waals surface area contributed by atoms with Crippen molar-refractivity contribution in [3.63, 3.8) is 0 Å². The van der Waals surface area contributed by atoms with E-state index in [1.807, 2.05) is 45.2 Å². The fourth-order valence-corrected chi connectivity index (χ4v) is 5.00. The van der Waals surface area contributed by atoms with Crippen molar-refractivity contribution in [3.05, 3.63) is 24.4 Å². The Balaban J connectivity index is 1.36. The maximum Gasteiger partial charge on any atom is 0.410 e. The van der Waals surface area contributed by atoms with Crippen molar-refractivity contribution in [3.8, 4) is 28.5 Å². The van der Waals surface area contributed by atoms with Crippen LogP contribution in [-0.4, -0.2) is 65.0 Å². The number of ether oxygens (including phenoxy) is 4. The number of hydrogen-bond acceptors (Lipinski definition) is 8.